The third-order valence-electron chi connectivity index (χ3n) is 3.10. The normalized spacial score (nSPS) is 12.2. The third-order valence-corrected chi connectivity index (χ3v) is 3.10. The summed E-state index contributed by atoms with van der Waals surface area (Å²) in [7, 11) is 1.31. The van der Waals surface area contributed by atoms with E-state index in [9.17, 15) is 19.1 Å². The standard InChI is InChI=1S/C15H15F2NO4/c1-21-14-8-10(5-6-13(14)22-15(16)17)12(19)9-11-4-2-3-7-18(11)20/h2-8,12,15,19H,9H2,1H3. The lowest BCUT2D eigenvalue weighted by atomic mass is 10.0. The lowest BCUT2D eigenvalue weighted by molar-refractivity contribution is -0.614. The van der Waals surface area contributed by atoms with E-state index in [1.165, 1.54) is 31.5 Å². The molecular formula is C15H15F2NO4. The number of aromatic nitrogens is 1. The van der Waals surface area contributed by atoms with Crippen LogP contribution in [0.2, 0.25) is 0 Å². The minimum atomic E-state index is -2.96. The fourth-order valence-electron chi connectivity index (χ4n) is 2.02. The van der Waals surface area contributed by atoms with Gasteiger partial charge in [-0.1, -0.05) is 12.1 Å². The first-order valence-electron chi connectivity index (χ1n) is 6.49. The average molecular weight is 311 g/mol. The van der Waals surface area contributed by atoms with Crippen molar-refractivity contribution in [1.29, 1.82) is 0 Å². The van der Waals surface area contributed by atoms with Gasteiger partial charge in [-0.2, -0.15) is 13.5 Å². The maximum absolute atomic E-state index is 12.3. The van der Waals surface area contributed by atoms with E-state index in [2.05, 4.69) is 4.74 Å². The first-order chi connectivity index (χ1) is 10.5. The van der Waals surface area contributed by atoms with Crippen LogP contribution in [-0.2, 0) is 6.42 Å². The molecule has 0 radical (unpaired) electrons. The van der Waals surface area contributed by atoms with Crippen LogP contribution in [0.3, 0.4) is 0 Å². The van der Waals surface area contributed by atoms with Gasteiger partial charge in [0, 0.05) is 12.1 Å². The first kappa shape index (κ1) is 16.0. The minimum Gasteiger partial charge on any atom is -0.619 e. The second-order valence-corrected chi connectivity index (χ2v) is 4.53. The molecular weight excluding hydrogens is 296 g/mol. The molecule has 1 heterocycles. The molecule has 2 aromatic rings. The maximum atomic E-state index is 12.3. The van der Waals surface area contributed by atoms with E-state index in [-0.39, 0.29) is 17.9 Å². The van der Waals surface area contributed by atoms with Gasteiger partial charge in [-0.05, 0) is 17.7 Å². The molecule has 1 N–H and O–H groups in total. The van der Waals surface area contributed by atoms with Gasteiger partial charge in [-0.15, -0.1) is 0 Å². The average Bonchev–Trinajstić information content (AvgIpc) is 2.49. The Morgan fingerprint density at radius 1 is 1.23 bits per heavy atom. The van der Waals surface area contributed by atoms with Crippen molar-refractivity contribution in [1.82, 2.24) is 0 Å². The molecule has 0 amide bonds. The predicted octanol–water partition coefficient (Wildman–Crippen LogP) is 2.21. The number of aliphatic hydroxyl groups is 1. The van der Waals surface area contributed by atoms with Crippen molar-refractivity contribution in [3.63, 3.8) is 0 Å². The Labute approximate surface area is 125 Å². The quantitative estimate of drug-likeness (QED) is 0.656. The molecule has 0 aliphatic heterocycles. The SMILES string of the molecule is COc1cc(C(O)Cc2cccc[n+]2[O-])ccc1OC(F)F. The van der Waals surface area contributed by atoms with Crippen LogP contribution in [0, 0.1) is 5.21 Å². The van der Waals surface area contributed by atoms with E-state index in [4.69, 9.17) is 4.74 Å². The highest BCUT2D eigenvalue weighted by Gasteiger charge is 2.17. The zero-order valence-corrected chi connectivity index (χ0v) is 11.8. The molecule has 1 atom stereocenters. The zero-order valence-electron chi connectivity index (χ0n) is 11.8. The topological polar surface area (TPSA) is 65.6 Å². The van der Waals surface area contributed by atoms with Gasteiger partial charge in [0.25, 0.3) is 0 Å². The summed E-state index contributed by atoms with van der Waals surface area (Å²) >= 11 is 0. The number of hydrogen-bond acceptors (Lipinski definition) is 4. The monoisotopic (exact) mass is 311 g/mol. The Kier molecular flexibility index (Phi) is 5.11. The molecule has 1 aromatic heterocycles. The van der Waals surface area contributed by atoms with Crippen LogP contribution >= 0.6 is 0 Å². The number of nitrogens with zero attached hydrogens (tertiary/aromatic N) is 1. The van der Waals surface area contributed by atoms with Gasteiger partial charge in [0.1, 0.15) is 0 Å². The molecule has 118 valence electrons. The molecule has 0 saturated carbocycles. The van der Waals surface area contributed by atoms with Crippen molar-refractivity contribution >= 4 is 0 Å². The molecule has 2 rings (SSSR count). The van der Waals surface area contributed by atoms with Gasteiger partial charge in [-0.3, -0.25) is 0 Å². The Bertz CT molecular complexity index is 637. The van der Waals surface area contributed by atoms with E-state index in [1.54, 1.807) is 18.2 Å². The van der Waals surface area contributed by atoms with Crippen molar-refractivity contribution in [2.45, 2.75) is 19.1 Å². The number of alkyl halides is 2. The van der Waals surface area contributed by atoms with E-state index < -0.39 is 12.7 Å². The highest BCUT2D eigenvalue weighted by molar-refractivity contribution is 5.43. The van der Waals surface area contributed by atoms with Crippen LogP contribution in [0.1, 0.15) is 17.4 Å². The number of rotatable bonds is 6. The van der Waals surface area contributed by atoms with Crippen LogP contribution in [0.15, 0.2) is 42.6 Å². The van der Waals surface area contributed by atoms with Crippen LogP contribution < -0.4 is 14.2 Å². The van der Waals surface area contributed by atoms with E-state index in [1.807, 2.05) is 0 Å². The molecule has 0 saturated heterocycles. The number of methoxy groups -OCH3 is 1. The Morgan fingerprint density at radius 3 is 2.64 bits per heavy atom. The second kappa shape index (κ2) is 7.04. The lowest BCUT2D eigenvalue weighted by Crippen LogP contribution is -2.31. The zero-order chi connectivity index (χ0) is 16.1. The Morgan fingerprint density at radius 2 is 2.00 bits per heavy atom. The number of hydrogen-bond donors (Lipinski definition) is 1. The van der Waals surface area contributed by atoms with Gasteiger partial charge < -0.3 is 19.8 Å². The van der Waals surface area contributed by atoms with E-state index in [0.29, 0.717) is 16.0 Å². The summed E-state index contributed by atoms with van der Waals surface area (Å²) in [6.07, 6.45) is 0.446. The third kappa shape index (κ3) is 3.82. The molecule has 7 heteroatoms. The lowest BCUT2D eigenvalue weighted by Gasteiger charge is -2.14. The van der Waals surface area contributed by atoms with Gasteiger partial charge in [0.15, 0.2) is 23.4 Å². The molecule has 1 unspecified atom stereocenters. The molecule has 0 aliphatic carbocycles. The molecule has 22 heavy (non-hydrogen) atoms. The molecule has 5 nitrogen and oxygen atoms in total. The summed E-state index contributed by atoms with van der Waals surface area (Å²) in [4.78, 5) is 0. The molecule has 0 aliphatic rings. The summed E-state index contributed by atoms with van der Waals surface area (Å²) in [5, 5.41) is 21.8. The fourth-order valence-corrected chi connectivity index (χ4v) is 2.02. The number of aliphatic hydroxyl groups excluding tert-OH is 1. The Balaban J connectivity index is 2.19. The van der Waals surface area contributed by atoms with Crippen molar-refractivity contribution in [2.24, 2.45) is 0 Å². The maximum Gasteiger partial charge on any atom is 0.387 e. The van der Waals surface area contributed by atoms with Crippen molar-refractivity contribution in [3.8, 4) is 11.5 Å². The summed E-state index contributed by atoms with van der Waals surface area (Å²) in [5.41, 5.74) is 0.823. The van der Waals surface area contributed by atoms with E-state index >= 15 is 0 Å². The smallest absolute Gasteiger partial charge is 0.387 e. The molecule has 0 bridgehead atoms. The Hall–Kier alpha value is -2.41. The van der Waals surface area contributed by atoms with Crippen molar-refractivity contribution in [3.05, 3.63) is 59.1 Å². The molecule has 0 spiro atoms. The van der Waals surface area contributed by atoms with Crippen LogP contribution in [-0.4, -0.2) is 18.8 Å². The fraction of sp³-hybridized carbons (Fsp3) is 0.267. The van der Waals surface area contributed by atoms with Crippen molar-refractivity contribution < 1.29 is 28.1 Å². The number of halogens is 2. The predicted molar refractivity (Wildman–Crippen MR) is 73.7 cm³/mol. The molecule has 0 fully saturated rings. The summed E-state index contributed by atoms with van der Waals surface area (Å²) in [5.74, 6) is -0.0352. The number of pyridine rings is 1. The van der Waals surface area contributed by atoms with Crippen LogP contribution in [0.4, 0.5) is 8.78 Å². The summed E-state index contributed by atoms with van der Waals surface area (Å²) in [6, 6.07) is 9.02. The van der Waals surface area contributed by atoms with Crippen LogP contribution in [0.5, 0.6) is 11.5 Å². The summed E-state index contributed by atoms with van der Waals surface area (Å²) in [6.45, 7) is -2.96. The first-order valence-corrected chi connectivity index (χ1v) is 6.49. The number of ether oxygens (including phenoxy) is 2. The van der Waals surface area contributed by atoms with Crippen LogP contribution in [0.25, 0.3) is 0 Å². The van der Waals surface area contributed by atoms with Gasteiger partial charge in [0.2, 0.25) is 0 Å². The van der Waals surface area contributed by atoms with Gasteiger partial charge in [0.05, 0.1) is 19.6 Å². The highest BCUT2D eigenvalue weighted by atomic mass is 19.3. The van der Waals surface area contributed by atoms with Gasteiger partial charge in [-0.25, -0.2) is 0 Å². The minimum absolute atomic E-state index is 0.0833. The van der Waals surface area contributed by atoms with Crippen molar-refractivity contribution in [2.75, 3.05) is 7.11 Å². The largest absolute Gasteiger partial charge is 0.619 e. The highest BCUT2D eigenvalue weighted by Crippen LogP contribution is 2.32. The van der Waals surface area contributed by atoms with Gasteiger partial charge >= 0.3 is 6.61 Å². The molecule has 1 aromatic carbocycles. The van der Waals surface area contributed by atoms with E-state index in [0.717, 1.165) is 0 Å². The summed E-state index contributed by atoms with van der Waals surface area (Å²) < 4.78 is 34.5. The second-order valence-electron chi connectivity index (χ2n) is 4.53. The number of benzene rings is 1.